The maximum Gasteiger partial charge on any atom is 0.227 e. The number of hydrogen-bond donors (Lipinski definition) is 2. The third-order valence-corrected chi connectivity index (χ3v) is 1.79. The fraction of sp³-hybridized carbons (Fsp3) is 0.200. The molecule has 1 amide bonds. The normalized spacial score (nSPS) is 9.50. The van der Waals surface area contributed by atoms with E-state index in [4.69, 9.17) is 5.11 Å². The number of Topliss-reactive ketones (excluding diaryl/α,β-unsaturated/α-hetero) is 1. The predicted molar refractivity (Wildman–Crippen MR) is 51.1 cm³/mol. The molecule has 0 fully saturated rings. The summed E-state index contributed by atoms with van der Waals surface area (Å²) in [4.78, 5) is 22.3. The molecule has 0 heterocycles. The largest absolute Gasteiger partial charge is 0.508 e. The lowest BCUT2D eigenvalue weighted by molar-refractivity contribution is -0.119. The maximum absolute atomic E-state index is 11.4. The highest BCUT2D eigenvalue weighted by Crippen LogP contribution is 2.11. The molecular weight excluding hydrogens is 182 g/mol. The second-order valence-corrected chi connectivity index (χ2v) is 2.82. The average Bonchev–Trinajstić information content (AvgIpc) is 2.18. The van der Waals surface area contributed by atoms with Crippen molar-refractivity contribution in [2.24, 2.45) is 0 Å². The topological polar surface area (TPSA) is 66.4 Å². The Bertz CT molecular complexity index is 343. The summed E-state index contributed by atoms with van der Waals surface area (Å²) in [6.07, 6.45) is -0.165. The second kappa shape index (κ2) is 4.41. The number of carbonyl (C=O) groups excluding carboxylic acids is 2. The Hall–Kier alpha value is -1.84. The highest BCUT2D eigenvalue weighted by molar-refractivity contribution is 6.07. The Balaban J connectivity index is 2.70. The fourth-order valence-electron chi connectivity index (χ4n) is 0.984. The van der Waals surface area contributed by atoms with E-state index in [1.165, 1.54) is 31.3 Å². The summed E-state index contributed by atoms with van der Waals surface area (Å²) in [5.74, 6) is -0.478. The Morgan fingerprint density at radius 1 is 1.29 bits per heavy atom. The second-order valence-electron chi connectivity index (χ2n) is 2.82. The monoisotopic (exact) mass is 193 g/mol. The van der Waals surface area contributed by atoms with E-state index < -0.39 is 0 Å². The number of ketones is 1. The van der Waals surface area contributed by atoms with Crippen molar-refractivity contribution in [3.8, 4) is 5.75 Å². The maximum atomic E-state index is 11.4. The number of aromatic hydroxyl groups is 1. The Morgan fingerprint density at radius 2 is 1.86 bits per heavy atom. The molecule has 0 aliphatic heterocycles. The van der Waals surface area contributed by atoms with E-state index in [1.807, 2.05) is 0 Å². The first kappa shape index (κ1) is 10.2. The van der Waals surface area contributed by atoms with Gasteiger partial charge >= 0.3 is 0 Å². The van der Waals surface area contributed by atoms with Gasteiger partial charge < -0.3 is 10.4 Å². The van der Waals surface area contributed by atoms with E-state index >= 15 is 0 Å². The van der Waals surface area contributed by atoms with Crippen molar-refractivity contribution >= 4 is 11.7 Å². The van der Waals surface area contributed by atoms with Gasteiger partial charge in [0.2, 0.25) is 5.91 Å². The van der Waals surface area contributed by atoms with E-state index in [0.29, 0.717) is 5.56 Å². The van der Waals surface area contributed by atoms with Crippen molar-refractivity contribution in [1.82, 2.24) is 5.32 Å². The lowest BCUT2D eigenvalue weighted by Gasteiger charge is -2.00. The molecule has 74 valence electrons. The molecule has 0 aliphatic carbocycles. The first-order valence-electron chi connectivity index (χ1n) is 4.16. The quantitative estimate of drug-likeness (QED) is 0.548. The van der Waals surface area contributed by atoms with Crippen molar-refractivity contribution in [2.75, 3.05) is 7.05 Å². The van der Waals surface area contributed by atoms with Gasteiger partial charge in [0.15, 0.2) is 5.78 Å². The number of hydrogen-bond acceptors (Lipinski definition) is 3. The van der Waals surface area contributed by atoms with Crippen LogP contribution in [0, 0.1) is 0 Å². The van der Waals surface area contributed by atoms with Crippen molar-refractivity contribution in [2.45, 2.75) is 6.42 Å². The third kappa shape index (κ3) is 2.58. The molecule has 1 aromatic rings. The number of carbonyl (C=O) groups is 2. The molecule has 14 heavy (non-hydrogen) atoms. The van der Waals surface area contributed by atoms with Gasteiger partial charge in [-0.25, -0.2) is 0 Å². The van der Waals surface area contributed by atoms with Gasteiger partial charge in [0.05, 0.1) is 6.42 Å². The van der Waals surface area contributed by atoms with Crippen LogP contribution in [0.2, 0.25) is 0 Å². The molecule has 0 aliphatic rings. The minimum Gasteiger partial charge on any atom is -0.508 e. The van der Waals surface area contributed by atoms with Crippen LogP contribution in [0.5, 0.6) is 5.75 Å². The molecule has 2 N–H and O–H groups in total. The van der Waals surface area contributed by atoms with Crippen LogP contribution in [0.15, 0.2) is 24.3 Å². The summed E-state index contributed by atoms with van der Waals surface area (Å²) in [6.45, 7) is 0. The van der Waals surface area contributed by atoms with E-state index in [2.05, 4.69) is 5.32 Å². The average molecular weight is 193 g/mol. The smallest absolute Gasteiger partial charge is 0.227 e. The summed E-state index contributed by atoms with van der Waals surface area (Å²) >= 11 is 0. The number of nitrogens with one attached hydrogen (secondary N) is 1. The van der Waals surface area contributed by atoms with Gasteiger partial charge in [-0.1, -0.05) is 0 Å². The van der Waals surface area contributed by atoms with Crippen LogP contribution in [0.25, 0.3) is 0 Å². The van der Waals surface area contributed by atoms with Gasteiger partial charge in [-0.3, -0.25) is 9.59 Å². The zero-order chi connectivity index (χ0) is 10.6. The van der Waals surface area contributed by atoms with Crippen LogP contribution in [0.4, 0.5) is 0 Å². The standard InChI is InChI=1S/C10H11NO3/c1-11-10(14)6-9(13)7-2-4-8(12)5-3-7/h2-5,12H,6H2,1H3,(H,11,14). The van der Waals surface area contributed by atoms with Gasteiger partial charge in [-0.2, -0.15) is 0 Å². The SMILES string of the molecule is CNC(=O)CC(=O)c1ccc(O)cc1. The third-order valence-electron chi connectivity index (χ3n) is 1.79. The van der Waals surface area contributed by atoms with Crippen molar-refractivity contribution in [1.29, 1.82) is 0 Å². The van der Waals surface area contributed by atoms with Crippen LogP contribution in [0.3, 0.4) is 0 Å². The van der Waals surface area contributed by atoms with E-state index in [-0.39, 0.29) is 23.9 Å². The molecule has 4 heteroatoms. The first-order valence-corrected chi connectivity index (χ1v) is 4.16. The van der Waals surface area contributed by atoms with Crippen molar-refractivity contribution in [3.05, 3.63) is 29.8 Å². The summed E-state index contributed by atoms with van der Waals surface area (Å²) in [6, 6.07) is 5.80. The predicted octanol–water partition coefficient (Wildman–Crippen LogP) is 0.711. The molecule has 0 spiro atoms. The summed E-state index contributed by atoms with van der Waals surface area (Å²) < 4.78 is 0. The van der Waals surface area contributed by atoms with Gasteiger partial charge in [0, 0.05) is 12.6 Å². The molecule has 1 rings (SSSR count). The molecule has 4 nitrogen and oxygen atoms in total. The lowest BCUT2D eigenvalue weighted by Crippen LogP contribution is -2.21. The van der Waals surface area contributed by atoms with Crippen LogP contribution in [0.1, 0.15) is 16.8 Å². The molecule has 0 aromatic heterocycles. The van der Waals surface area contributed by atoms with Crippen LogP contribution in [-0.2, 0) is 4.79 Å². The molecule has 0 bridgehead atoms. The molecule has 0 atom stereocenters. The van der Waals surface area contributed by atoms with Gasteiger partial charge in [-0.15, -0.1) is 0 Å². The molecule has 0 unspecified atom stereocenters. The highest BCUT2D eigenvalue weighted by Gasteiger charge is 2.09. The zero-order valence-corrected chi connectivity index (χ0v) is 7.78. The van der Waals surface area contributed by atoms with E-state index in [1.54, 1.807) is 0 Å². The number of rotatable bonds is 3. The lowest BCUT2D eigenvalue weighted by atomic mass is 10.1. The van der Waals surface area contributed by atoms with E-state index in [0.717, 1.165) is 0 Å². The summed E-state index contributed by atoms with van der Waals surface area (Å²) in [5.41, 5.74) is 0.423. The van der Waals surface area contributed by atoms with Gasteiger partial charge in [-0.05, 0) is 24.3 Å². The Labute approximate surface area is 81.6 Å². The molecule has 0 saturated heterocycles. The molecule has 1 aromatic carbocycles. The fourth-order valence-corrected chi connectivity index (χ4v) is 0.984. The van der Waals surface area contributed by atoms with Crippen molar-refractivity contribution in [3.63, 3.8) is 0 Å². The number of phenolic OH excluding ortho intramolecular Hbond substituents is 1. The molecular formula is C10H11NO3. The highest BCUT2D eigenvalue weighted by atomic mass is 16.3. The molecule has 0 saturated carbocycles. The van der Waals surface area contributed by atoms with Crippen LogP contribution < -0.4 is 5.32 Å². The number of benzene rings is 1. The number of phenols is 1. The zero-order valence-electron chi connectivity index (χ0n) is 7.78. The number of amides is 1. The van der Waals surface area contributed by atoms with Crippen LogP contribution in [-0.4, -0.2) is 23.8 Å². The first-order chi connectivity index (χ1) is 6.63. The minimum atomic E-state index is -0.317. The Kier molecular flexibility index (Phi) is 3.23. The van der Waals surface area contributed by atoms with Gasteiger partial charge in [0.25, 0.3) is 0 Å². The summed E-state index contributed by atoms with van der Waals surface area (Å²) in [5, 5.41) is 11.3. The Morgan fingerprint density at radius 3 is 2.36 bits per heavy atom. The minimum absolute atomic E-state index is 0.0986. The van der Waals surface area contributed by atoms with E-state index in [9.17, 15) is 9.59 Å². The molecule has 0 radical (unpaired) electrons. The van der Waals surface area contributed by atoms with Crippen molar-refractivity contribution < 1.29 is 14.7 Å². The van der Waals surface area contributed by atoms with Crippen LogP contribution >= 0.6 is 0 Å². The van der Waals surface area contributed by atoms with Gasteiger partial charge in [0.1, 0.15) is 5.75 Å². The summed E-state index contributed by atoms with van der Waals surface area (Å²) in [7, 11) is 1.48.